The Labute approximate surface area is 339 Å². The van der Waals surface area contributed by atoms with Crippen molar-refractivity contribution in [3.05, 3.63) is 12.2 Å². The molecule has 55 heavy (non-hydrogen) atoms. The fourth-order valence-electron chi connectivity index (χ4n) is 6.41. The lowest BCUT2D eigenvalue weighted by Gasteiger charge is -2.28. The Hall–Kier alpha value is -1.25. The molecule has 10 heteroatoms. The highest BCUT2D eigenvalue weighted by atomic mass is 31.2. The van der Waals surface area contributed by atoms with E-state index in [9.17, 15) is 19.0 Å². The summed E-state index contributed by atoms with van der Waals surface area (Å²) in [4.78, 5) is 37.5. The second-order valence-corrected chi connectivity index (χ2v) is 18.2. The number of rotatable bonds is 42. The highest BCUT2D eigenvalue weighted by molar-refractivity contribution is 7.45. The van der Waals surface area contributed by atoms with E-state index in [4.69, 9.17) is 18.5 Å². The summed E-state index contributed by atoms with van der Waals surface area (Å²) in [5, 5.41) is 0. The van der Waals surface area contributed by atoms with Crippen LogP contribution in [0.5, 0.6) is 0 Å². The minimum Gasteiger partial charge on any atom is -0.756 e. The normalized spacial score (nSPS) is 13.6. The van der Waals surface area contributed by atoms with Crippen LogP contribution in [-0.4, -0.2) is 70.0 Å². The molecule has 2 atom stereocenters. The van der Waals surface area contributed by atoms with Crippen LogP contribution in [0.15, 0.2) is 12.2 Å². The van der Waals surface area contributed by atoms with Crippen molar-refractivity contribution in [3.8, 4) is 0 Å². The van der Waals surface area contributed by atoms with E-state index in [-0.39, 0.29) is 32.0 Å². The van der Waals surface area contributed by atoms with E-state index < -0.39 is 26.5 Å². The van der Waals surface area contributed by atoms with E-state index in [0.29, 0.717) is 17.4 Å². The van der Waals surface area contributed by atoms with Gasteiger partial charge in [0.25, 0.3) is 7.82 Å². The zero-order valence-electron chi connectivity index (χ0n) is 36.6. The van der Waals surface area contributed by atoms with Gasteiger partial charge < -0.3 is 27.9 Å². The van der Waals surface area contributed by atoms with Gasteiger partial charge in [-0.2, -0.15) is 0 Å². The fourth-order valence-corrected chi connectivity index (χ4v) is 7.14. The Morgan fingerprint density at radius 3 is 1.35 bits per heavy atom. The first-order valence-corrected chi connectivity index (χ1v) is 24.4. The molecule has 0 aromatic heterocycles. The van der Waals surface area contributed by atoms with Crippen LogP contribution >= 0.6 is 7.82 Å². The minimum atomic E-state index is -4.62. The Balaban J connectivity index is 4.32. The van der Waals surface area contributed by atoms with Crippen LogP contribution < -0.4 is 4.89 Å². The number of carbonyl (C=O) groups excluding carboxylic acids is 2. The number of nitrogens with zero attached hydrogens (tertiary/aromatic N) is 1. The van der Waals surface area contributed by atoms with Gasteiger partial charge in [-0.25, -0.2) is 0 Å². The molecule has 0 amide bonds. The van der Waals surface area contributed by atoms with E-state index in [1.807, 2.05) is 21.1 Å². The highest BCUT2D eigenvalue weighted by Gasteiger charge is 2.21. The number of unbranched alkanes of at least 4 members (excludes halogenated alkanes) is 26. The lowest BCUT2D eigenvalue weighted by atomic mass is 10.0. The summed E-state index contributed by atoms with van der Waals surface area (Å²) in [6.07, 6.45) is 39.4. The zero-order valence-corrected chi connectivity index (χ0v) is 37.5. The molecule has 0 radical (unpaired) electrons. The smallest absolute Gasteiger partial charge is 0.306 e. The van der Waals surface area contributed by atoms with Crippen molar-refractivity contribution in [2.45, 2.75) is 219 Å². The lowest BCUT2D eigenvalue weighted by Crippen LogP contribution is -2.37. The summed E-state index contributed by atoms with van der Waals surface area (Å²) in [7, 11) is 1.17. The van der Waals surface area contributed by atoms with Gasteiger partial charge in [0.2, 0.25) is 0 Å². The van der Waals surface area contributed by atoms with Crippen LogP contribution in [0.4, 0.5) is 0 Å². The lowest BCUT2D eigenvalue weighted by molar-refractivity contribution is -0.870. The molecular weight excluding hydrogens is 713 g/mol. The van der Waals surface area contributed by atoms with Crippen LogP contribution in [0, 0.1) is 0 Å². The third-order valence-corrected chi connectivity index (χ3v) is 11.0. The molecular formula is C45H88NO8P. The van der Waals surface area contributed by atoms with E-state index >= 15 is 0 Å². The second kappa shape index (κ2) is 38.3. The number of quaternary nitrogens is 1. The third-order valence-electron chi connectivity index (χ3n) is 10.0. The first-order chi connectivity index (χ1) is 26.5. The predicted molar refractivity (Wildman–Crippen MR) is 227 cm³/mol. The van der Waals surface area contributed by atoms with Crippen molar-refractivity contribution in [1.82, 2.24) is 0 Å². The molecule has 0 spiro atoms. The van der Waals surface area contributed by atoms with E-state index in [2.05, 4.69) is 26.0 Å². The standard InChI is InChI=1S/C45H88NO8P/c1-6-8-10-12-14-16-18-20-22-24-25-27-29-31-33-35-37-44(47)51-41-43(42-53-55(49,50)52-40-39-46(3,4)5)54-45(48)38-36-34-32-30-28-26-23-21-19-17-15-13-11-9-7-2/h21,23,43H,6-20,22,24-42H2,1-5H3/b23-21-/t43-/m1/s1. The van der Waals surface area contributed by atoms with Gasteiger partial charge in [0, 0.05) is 12.8 Å². The van der Waals surface area contributed by atoms with Crippen molar-refractivity contribution >= 4 is 19.8 Å². The molecule has 0 saturated heterocycles. The first kappa shape index (κ1) is 53.8. The Morgan fingerprint density at radius 2 is 0.927 bits per heavy atom. The van der Waals surface area contributed by atoms with Crippen LogP contribution in [0.3, 0.4) is 0 Å². The van der Waals surface area contributed by atoms with Gasteiger partial charge in [-0.05, 0) is 38.5 Å². The molecule has 326 valence electrons. The zero-order chi connectivity index (χ0) is 40.7. The van der Waals surface area contributed by atoms with Crippen molar-refractivity contribution in [3.63, 3.8) is 0 Å². The highest BCUT2D eigenvalue weighted by Crippen LogP contribution is 2.38. The Morgan fingerprint density at radius 1 is 0.545 bits per heavy atom. The van der Waals surface area contributed by atoms with Crippen LogP contribution in [0.25, 0.3) is 0 Å². The van der Waals surface area contributed by atoms with Gasteiger partial charge in [-0.1, -0.05) is 174 Å². The molecule has 0 aliphatic carbocycles. The first-order valence-electron chi connectivity index (χ1n) is 22.9. The summed E-state index contributed by atoms with van der Waals surface area (Å²) in [5.74, 6) is -0.833. The van der Waals surface area contributed by atoms with E-state index in [0.717, 1.165) is 51.4 Å². The van der Waals surface area contributed by atoms with Crippen molar-refractivity contribution < 1.29 is 42.1 Å². The average Bonchev–Trinajstić information content (AvgIpc) is 3.13. The fraction of sp³-hybridized carbons (Fsp3) is 0.911. The molecule has 0 aromatic carbocycles. The maximum atomic E-state index is 12.7. The number of hydrogen-bond donors (Lipinski definition) is 0. The monoisotopic (exact) mass is 802 g/mol. The summed E-state index contributed by atoms with van der Waals surface area (Å²) < 4.78 is 33.9. The van der Waals surface area contributed by atoms with Gasteiger partial charge in [0.15, 0.2) is 6.10 Å². The molecule has 0 rings (SSSR count). The van der Waals surface area contributed by atoms with Gasteiger partial charge >= 0.3 is 11.9 Å². The van der Waals surface area contributed by atoms with E-state index in [1.54, 1.807) is 0 Å². The van der Waals surface area contributed by atoms with Crippen molar-refractivity contribution in [1.29, 1.82) is 0 Å². The molecule has 0 aliphatic rings. The number of likely N-dealkylation sites (N-methyl/N-ethyl adjacent to an activating group) is 1. The molecule has 0 heterocycles. The van der Waals surface area contributed by atoms with E-state index in [1.165, 1.54) is 128 Å². The second-order valence-electron chi connectivity index (χ2n) is 16.8. The maximum Gasteiger partial charge on any atom is 0.306 e. The number of ether oxygens (including phenoxy) is 2. The molecule has 9 nitrogen and oxygen atoms in total. The predicted octanol–water partition coefficient (Wildman–Crippen LogP) is 12.3. The molecule has 0 aromatic rings. The Kier molecular flexibility index (Phi) is 37.4. The van der Waals surface area contributed by atoms with Crippen molar-refractivity contribution in [2.24, 2.45) is 0 Å². The quantitative estimate of drug-likeness (QED) is 0.0197. The number of carbonyl (C=O) groups is 2. The Bertz CT molecular complexity index is 954. The summed E-state index contributed by atoms with van der Waals surface area (Å²) >= 11 is 0. The van der Waals surface area contributed by atoms with Crippen LogP contribution in [0.2, 0.25) is 0 Å². The number of hydrogen-bond acceptors (Lipinski definition) is 8. The number of phosphoric ester groups is 1. The molecule has 0 aliphatic heterocycles. The molecule has 0 fully saturated rings. The largest absolute Gasteiger partial charge is 0.756 e. The number of esters is 2. The molecule has 1 unspecified atom stereocenters. The maximum absolute atomic E-state index is 12.7. The van der Waals surface area contributed by atoms with Gasteiger partial charge in [-0.3, -0.25) is 14.2 Å². The minimum absolute atomic E-state index is 0.0293. The SMILES string of the molecule is CCCCCCCC/C=C\CCCCCCCC(=O)O[C@H](COC(=O)CCCCCCCCCCCCCCCCCC)COP(=O)([O-])OCC[N+](C)(C)C. The summed E-state index contributed by atoms with van der Waals surface area (Å²) in [6.45, 7) is 4.24. The summed E-state index contributed by atoms with van der Waals surface area (Å²) in [6, 6.07) is 0. The molecule has 0 N–H and O–H groups in total. The van der Waals surface area contributed by atoms with Crippen LogP contribution in [0.1, 0.15) is 213 Å². The summed E-state index contributed by atoms with van der Waals surface area (Å²) in [5.41, 5.74) is 0. The number of phosphoric acid groups is 1. The third kappa shape index (κ3) is 42.2. The molecule has 0 saturated carbocycles. The van der Waals surface area contributed by atoms with Gasteiger partial charge in [0.1, 0.15) is 19.8 Å². The van der Waals surface area contributed by atoms with Gasteiger partial charge in [0.05, 0.1) is 27.7 Å². The van der Waals surface area contributed by atoms with Crippen molar-refractivity contribution in [2.75, 3.05) is 47.5 Å². The number of allylic oxidation sites excluding steroid dienone is 2. The van der Waals surface area contributed by atoms with Gasteiger partial charge in [-0.15, -0.1) is 0 Å². The molecule has 0 bridgehead atoms. The topological polar surface area (TPSA) is 111 Å². The average molecular weight is 802 g/mol. The van der Waals surface area contributed by atoms with Crippen LogP contribution in [-0.2, 0) is 32.7 Å².